The summed E-state index contributed by atoms with van der Waals surface area (Å²) in [6.07, 6.45) is 9.55. The summed E-state index contributed by atoms with van der Waals surface area (Å²) in [7, 11) is 0. The highest BCUT2D eigenvalue weighted by Crippen LogP contribution is 2.39. The van der Waals surface area contributed by atoms with E-state index >= 15 is 0 Å². The smallest absolute Gasteiger partial charge is 0.0890 e. The predicted octanol–water partition coefficient (Wildman–Crippen LogP) is 3.40. The van der Waals surface area contributed by atoms with Crippen molar-refractivity contribution in [3.8, 4) is 0 Å². The molecule has 4 heteroatoms. The molecule has 1 aliphatic carbocycles. The fourth-order valence-corrected chi connectivity index (χ4v) is 3.91. The van der Waals surface area contributed by atoms with Crippen LogP contribution < -0.4 is 5.32 Å². The Labute approximate surface area is 124 Å². The first-order valence-electron chi connectivity index (χ1n) is 7.28. The number of para-hydroxylation sites is 2. The lowest BCUT2D eigenvalue weighted by atomic mass is 10.1. The van der Waals surface area contributed by atoms with Crippen molar-refractivity contribution in [3.63, 3.8) is 0 Å². The van der Waals surface area contributed by atoms with Crippen molar-refractivity contribution in [2.75, 3.05) is 12.8 Å². The molecule has 0 atom stereocenters. The summed E-state index contributed by atoms with van der Waals surface area (Å²) < 4.78 is 0.449. The highest BCUT2D eigenvalue weighted by atomic mass is 32.2. The normalized spacial score (nSPS) is 17.6. The topological polar surface area (TPSA) is 37.8 Å². The van der Waals surface area contributed by atoms with Gasteiger partial charge in [0.25, 0.3) is 0 Å². The van der Waals surface area contributed by atoms with Gasteiger partial charge < -0.3 is 5.32 Å². The maximum Gasteiger partial charge on any atom is 0.0890 e. The second kappa shape index (κ2) is 6.10. The predicted molar refractivity (Wildman–Crippen MR) is 86.0 cm³/mol. The fourth-order valence-electron chi connectivity index (χ4n) is 2.97. The molecule has 106 valence electrons. The van der Waals surface area contributed by atoms with Crippen LogP contribution in [0.1, 0.15) is 31.4 Å². The third-order valence-electron chi connectivity index (χ3n) is 4.20. The first kappa shape index (κ1) is 13.8. The number of hydrogen-bond donors (Lipinski definition) is 1. The molecule has 1 saturated carbocycles. The SMILES string of the molecule is CSC1(CNCc2cnc3ccccc3n2)CCCC1. The van der Waals surface area contributed by atoms with Crippen LogP contribution in [0.25, 0.3) is 11.0 Å². The molecule has 0 spiro atoms. The zero-order valence-corrected chi connectivity index (χ0v) is 12.7. The van der Waals surface area contributed by atoms with Crippen LogP contribution in [0.4, 0.5) is 0 Å². The molecule has 0 saturated heterocycles. The molecule has 1 N–H and O–H groups in total. The number of hydrogen-bond acceptors (Lipinski definition) is 4. The lowest BCUT2D eigenvalue weighted by Gasteiger charge is -2.26. The molecule has 1 fully saturated rings. The van der Waals surface area contributed by atoms with E-state index in [1.165, 1.54) is 25.7 Å². The third-order valence-corrected chi connectivity index (χ3v) is 5.62. The Balaban J connectivity index is 1.62. The van der Waals surface area contributed by atoms with Gasteiger partial charge in [-0.3, -0.25) is 4.98 Å². The second-order valence-electron chi connectivity index (χ2n) is 5.55. The number of nitrogens with zero attached hydrogens (tertiary/aromatic N) is 2. The molecule has 2 aromatic rings. The Morgan fingerprint density at radius 1 is 1.20 bits per heavy atom. The molecule has 0 unspecified atom stereocenters. The molecule has 3 nitrogen and oxygen atoms in total. The van der Waals surface area contributed by atoms with Gasteiger partial charge in [-0.25, -0.2) is 4.98 Å². The van der Waals surface area contributed by atoms with Crippen LogP contribution in [0.15, 0.2) is 30.5 Å². The molecular formula is C16H21N3S. The van der Waals surface area contributed by atoms with Crippen molar-refractivity contribution in [1.29, 1.82) is 0 Å². The Morgan fingerprint density at radius 2 is 1.95 bits per heavy atom. The van der Waals surface area contributed by atoms with Crippen molar-refractivity contribution in [2.45, 2.75) is 37.0 Å². The second-order valence-corrected chi connectivity index (χ2v) is 6.82. The Kier molecular flexibility index (Phi) is 4.22. The van der Waals surface area contributed by atoms with Crippen molar-refractivity contribution >= 4 is 22.8 Å². The average molecular weight is 287 g/mol. The fraction of sp³-hybridized carbons (Fsp3) is 0.500. The van der Waals surface area contributed by atoms with E-state index < -0.39 is 0 Å². The Morgan fingerprint density at radius 3 is 2.70 bits per heavy atom. The van der Waals surface area contributed by atoms with Gasteiger partial charge in [0.1, 0.15) is 0 Å². The van der Waals surface area contributed by atoms with Gasteiger partial charge >= 0.3 is 0 Å². The minimum Gasteiger partial charge on any atom is -0.310 e. The summed E-state index contributed by atoms with van der Waals surface area (Å²) in [5.74, 6) is 0. The zero-order chi connectivity index (χ0) is 13.8. The molecule has 20 heavy (non-hydrogen) atoms. The van der Waals surface area contributed by atoms with Crippen LogP contribution in [-0.2, 0) is 6.54 Å². The standard InChI is InChI=1S/C16H21N3S/c1-20-16(8-4-5-9-16)12-17-10-13-11-18-14-6-2-3-7-15(14)19-13/h2-3,6-7,11,17H,4-5,8-10,12H2,1H3. The van der Waals surface area contributed by atoms with Crippen LogP contribution in [0.5, 0.6) is 0 Å². The van der Waals surface area contributed by atoms with Gasteiger partial charge in [0.2, 0.25) is 0 Å². The van der Waals surface area contributed by atoms with E-state index in [0.29, 0.717) is 4.75 Å². The zero-order valence-electron chi connectivity index (χ0n) is 11.9. The van der Waals surface area contributed by atoms with E-state index in [1.807, 2.05) is 42.2 Å². The summed E-state index contributed by atoms with van der Waals surface area (Å²) >= 11 is 2.02. The molecule has 1 aliphatic rings. The van der Waals surface area contributed by atoms with E-state index in [9.17, 15) is 0 Å². The first-order chi connectivity index (χ1) is 9.81. The van der Waals surface area contributed by atoms with Crippen molar-refractivity contribution in [3.05, 3.63) is 36.2 Å². The number of fused-ring (bicyclic) bond motifs is 1. The first-order valence-corrected chi connectivity index (χ1v) is 8.50. The van der Waals surface area contributed by atoms with Gasteiger partial charge in [0.05, 0.1) is 22.9 Å². The van der Waals surface area contributed by atoms with Gasteiger partial charge in [-0.15, -0.1) is 0 Å². The molecule has 3 rings (SSSR count). The summed E-state index contributed by atoms with van der Waals surface area (Å²) in [6.45, 7) is 1.88. The molecule has 0 aliphatic heterocycles. The molecular weight excluding hydrogens is 266 g/mol. The summed E-state index contributed by atoms with van der Waals surface area (Å²) in [5, 5.41) is 3.58. The Hall–Kier alpha value is -1.13. The molecule has 0 bridgehead atoms. The van der Waals surface area contributed by atoms with Crippen molar-refractivity contribution < 1.29 is 0 Å². The monoisotopic (exact) mass is 287 g/mol. The molecule has 0 amide bonds. The number of benzene rings is 1. The van der Waals surface area contributed by atoms with Crippen LogP contribution >= 0.6 is 11.8 Å². The van der Waals surface area contributed by atoms with Crippen LogP contribution in [0, 0.1) is 0 Å². The Bertz CT molecular complexity index is 579. The molecule has 0 radical (unpaired) electrons. The minimum atomic E-state index is 0.449. The number of rotatable bonds is 5. The van der Waals surface area contributed by atoms with Gasteiger partial charge in [0, 0.05) is 17.8 Å². The van der Waals surface area contributed by atoms with Gasteiger partial charge in [-0.2, -0.15) is 11.8 Å². The van der Waals surface area contributed by atoms with E-state index in [1.54, 1.807) is 0 Å². The van der Waals surface area contributed by atoms with Gasteiger partial charge in [-0.1, -0.05) is 25.0 Å². The minimum absolute atomic E-state index is 0.449. The number of thioether (sulfide) groups is 1. The van der Waals surface area contributed by atoms with Crippen LogP contribution in [0.2, 0.25) is 0 Å². The molecule has 1 aromatic heterocycles. The maximum absolute atomic E-state index is 4.66. The summed E-state index contributed by atoms with van der Waals surface area (Å²) in [5.41, 5.74) is 2.97. The largest absolute Gasteiger partial charge is 0.310 e. The number of aromatic nitrogens is 2. The van der Waals surface area contributed by atoms with E-state index in [0.717, 1.165) is 29.8 Å². The van der Waals surface area contributed by atoms with Gasteiger partial charge in [0.15, 0.2) is 0 Å². The third kappa shape index (κ3) is 2.96. The molecule has 1 aromatic carbocycles. The number of nitrogens with one attached hydrogen (secondary N) is 1. The van der Waals surface area contributed by atoms with Crippen LogP contribution in [0.3, 0.4) is 0 Å². The van der Waals surface area contributed by atoms with Crippen LogP contribution in [-0.4, -0.2) is 27.5 Å². The quantitative estimate of drug-likeness (QED) is 0.914. The summed E-state index contributed by atoms with van der Waals surface area (Å²) in [6, 6.07) is 8.03. The van der Waals surface area contributed by atoms with Crippen molar-refractivity contribution in [1.82, 2.24) is 15.3 Å². The lowest BCUT2D eigenvalue weighted by molar-refractivity contribution is 0.530. The maximum atomic E-state index is 4.66. The molecule has 1 heterocycles. The van der Waals surface area contributed by atoms with E-state index in [2.05, 4.69) is 21.5 Å². The summed E-state index contributed by atoms with van der Waals surface area (Å²) in [4.78, 5) is 9.12. The van der Waals surface area contributed by atoms with E-state index in [4.69, 9.17) is 0 Å². The van der Waals surface area contributed by atoms with Crippen molar-refractivity contribution in [2.24, 2.45) is 0 Å². The van der Waals surface area contributed by atoms with Gasteiger partial charge in [-0.05, 0) is 31.2 Å². The highest BCUT2D eigenvalue weighted by molar-refractivity contribution is 8.00. The lowest BCUT2D eigenvalue weighted by Crippen LogP contribution is -2.34. The van der Waals surface area contributed by atoms with E-state index in [-0.39, 0.29) is 0 Å². The highest BCUT2D eigenvalue weighted by Gasteiger charge is 2.32. The average Bonchev–Trinajstić information content (AvgIpc) is 2.96.